The molecule has 2 amide bonds. The van der Waals surface area contributed by atoms with Crippen molar-refractivity contribution in [3.8, 4) is 0 Å². The molecule has 6 heteroatoms. The number of rotatable bonds is 4. The van der Waals surface area contributed by atoms with Crippen LogP contribution in [0.5, 0.6) is 0 Å². The minimum absolute atomic E-state index is 0.0923. The van der Waals surface area contributed by atoms with Crippen LogP contribution in [0.3, 0.4) is 0 Å². The van der Waals surface area contributed by atoms with Crippen molar-refractivity contribution in [3.63, 3.8) is 0 Å². The van der Waals surface area contributed by atoms with E-state index in [-0.39, 0.29) is 17.7 Å². The highest BCUT2D eigenvalue weighted by atomic mass is 32.1. The van der Waals surface area contributed by atoms with Gasteiger partial charge in [-0.15, -0.1) is 0 Å². The lowest BCUT2D eigenvalue weighted by atomic mass is 9.97. The van der Waals surface area contributed by atoms with Crippen molar-refractivity contribution in [2.45, 2.75) is 12.8 Å². The second-order valence-electron chi connectivity index (χ2n) is 5.70. The first-order valence-corrected chi connectivity index (χ1v) is 8.55. The summed E-state index contributed by atoms with van der Waals surface area (Å²) in [6.45, 7) is 1.56. The first-order chi connectivity index (χ1) is 11.1. The van der Waals surface area contributed by atoms with E-state index in [0.717, 1.165) is 30.8 Å². The molecular weight excluding hydrogens is 310 g/mol. The number of hydrogen-bond acceptors (Lipinski definition) is 4. The Bertz CT molecular complexity index is 682. The molecule has 1 aromatic heterocycles. The van der Waals surface area contributed by atoms with Gasteiger partial charge in [-0.3, -0.25) is 9.59 Å². The van der Waals surface area contributed by atoms with Crippen LogP contribution in [-0.2, 0) is 4.79 Å². The number of primary amides is 1. The Balaban J connectivity index is 1.67. The summed E-state index contributed by atoms with van der Waals surface area (Å²) in [6.07, 6.45) is 1.81. The monoisotopic (exact) mass is 329 g/mol. The smallest absolute Gasteiger partial charge is 0.255 e. The topological polar surface area (TPSA) is 75.4 Å². The van der Waals surface area contributed by atoms with Crippen LogP contribution in [0.1, 0.15) is 23.2 Å². The molecule has 1 fully saturated rings. The number of carbonyl (C=O) groups excluding carboxylic acids is 2. The van der Waals surface area contributed by atoms with E-state index in [1.54, 1.807) is 11.3 Å². The van der Waals surface area contributed by atoms with Crippen LogP contribution in [0.15, 0.2) is 41.1 Å². The summed E-state index contributed by atoms with van der Waals surface area (Å²) < 4.78 is 0. The minimum Gasteiger partial charge on any atom is -0.371 e. The number of carbonyl (C=O) groups is 2. The molecule has 1 aliphatic heterocycles. The molecule has 120 valence electrons. The first-order valence-electron chi connectivity index (χ1n) is 7.61. The van der Waals surface area contributed by atoms with E-state index < -0.39 is 0 Å². The van der Waals surface area contributed by atoms with Crippen molar-refractivity contribution < 1.29 is 9.59 Å². The highest BCUT2D eigenvalue weighted by Crippen LogP contribution is 2.23. The molecule has 23 heavy (non-hydrogen) atoms. The second-order valence-corrected chi connectivity index (χ2v) is 6.48. The Labute approximate surface area is 139 Å². The van der Waals surface area contributed by atoms with Crippen LogP contribution < -0.4 is 16.0 Å². The van der Waals surface area contributed by atoms with Gasteiger partial charge >= 0.3 is 0 Å². The van der Waals surface area contributed by atoms with Gasteiger partial charge in [0, 0.05) is 29.7 Å². The number of nitrogens with one attached hydrogen (secondary N) is 1. The maximum Gasteiger partial charge on any atom is 0.255 e. The van der Waals surface area contributed by atoms with Crippen LogP contribution in [0, 0.1) is 5.92 Å². The summed E-state index contributed by atoms with van der Waals surface area (Å²) >= 11 is 1.54. The fraction of sp³-hybridized carbons (Fsp3) is 0.294. The third kappa shape index (κ3) is 3.71. The van der Waals surface area contributed by atoms with Crippen molar-refractivity contribution in [3.05, 3.63) is 46.7 Å². The zero-order chi connectivity index (χ0) is 16.2. The maximum absolute atomic E-state index is 12.2. The van der Waals surface area contributed by atoms with Gasteiger partial charge in [-0.2, -0.15) is 11.3 Å². The average molecular weight is 329 g/mol. The number of piperidine rings is 1. The summed E-state index contributed by atoms with van der Waals surface area (Å²) in [5.41, 5.74) is 7.86. The number of hydrogen-bond donors (Lipinski definition) is 2. The molecule has 1 saturated heterocycles. The molecule has 0 spiro atoms. The number of nitrogens with two attached hydrogens (primary N) is 1. The molecule has 2 aromatic rings. The molecule has 0 aliphatic carbocycles. The molecule has 0 radical (unpaired) electrons. The Kier molecular flexibility index (Phi) is 4.62. The van der Waals surface area contributed by atoms with E-state index >= 15 is 0 Å². The molecule has 0 bridgehead atoms. The van der Waals surface area contributed by atoms with Gasteiger partial charge in [0.1, 0.15) is 0 Å². The van der Waals surface area contributed by atoms with Gasteiger partial charge in [0.2, 0.25) is 5.91 Å². The second kappa shape index (κ2) is 6.83. The average Bonchev–Trinajstić information content (AvgIpc) is 3.08. The summed E-state index contributed by atoms with van der Waals surface area (Å²) in [5.74, 6) is -0.449. The molecule has 0 saturated carbocycles. The van der Waals surface area contributed by atoms with Crippen LogP contribution in [0.4, 0.5) is 11.4 Å². The third-order valence-corrected chi connectivity index (χ3v) is 4.78. The van der Waals surface area contributed by atoms with Gasteiger partial charge in [-0.05, 0) is 48.6 Å². The number of nitrogens with zero attached hydrogens (tertiary/aromatic N) is 1. The Hall–Kier alpha value is -2.34. The highest BCUT2D eigenvalue weighted by Gasteiger charge is 2.24. The van der Waals surface area contributed by atoms with Crippen molar-refractivity contribution in [2.75, 3.05) is 23.3 Å². The summed E-state index contributed by atoms with van der Waals surface area (Å²) in [4.78, 5) is 25.7. The lowest BCUT2D eigenvalue weighted by Gasteiger charge is -2.33. The van der Waals surface area contributed by atoms with Crippen LogP contribution in [0.2, 0.25) is 0 Å². The molecule has 1 atom stereocenters. The normalized spacial score (nSPS) is 17.7. The number of amides is 2. The van der Waals surface area contributed by atoms with Gasteiger partial charge in [0.05, 0.1) is 11.6 Å². The van der Waals surface area contributed by atoms with E-state index in [1.165, 1.54) is 0 Å². The Morgan fingerprint density at radius 1 is 1.22 bits per heavy atom. The van der Waals surface area contributed by atoms with E-state index in [0.29, 0.717) is 12.1 Å². The lowest BCUT2D eigenvalue weighted by Crippen LogP contribution is -2.41. The predicted octanol–water partition coefficient (Wildman–Crippen LogP) is 2.70. The van der Waals surface area contributed by atoms with Crippen molar-refractivity contribution in [1.82, 2.24) is 0 Å². The Morgan fingerprint density at radius 2 is 2.00 bits per heavy atom. The third-order valence-electron chi connectivity index (χ3n) is 4.10. The first kappa shape index (κ1) is 15.6. The summed E-state index contributed by atoms with van der Waals surface area (Å²) in [6, 6.07) is 9.34. The molecule has 3 N–H and O–H groups in total. The predicted molar refractivity (Wildman–Crippen MR) is 92.8 cm³/mol. The molecule has 1 aromatic carbocycles. The number of anilines is 2. The summed E-state index contributed by atoms with van der Waals surface area (Å²) in [7, 11) is 0. The number of benzene rings is 1. The minimum atomic E-state index is -0.235. The molecular formula is C17H19N3O2S. The highest BCUT2D eigenvalue weighted by molar-refractivity contribution is 7.08. The quantitative estimate of drug-likeness (QED) is 0.905. The van der Waals surface area contributed by atoms with Crippen molar-refractivity contribution in [2.24, 2.45) is 11.7 Å². The van der Waals surface area contributed by atoms with Gasteiger partial charge in [-0.1, -0.05) is 0 Å². The molecule has 2 heterocycles. The zero-order valence-corrected chi connectivity index (χ0v) is 13.5. The van der Waals surface area contributed by atoms with Crippen LogP contribution in [0.25, 0.3) is 0 Å². The Morgan fingerprint density at radius 3 is 2.65 bits per heavy atom. The van der Waals surface area contributed by atoms with E-state index in [4.69, 9.17) is 5.73 Å². The van der Waals surface area contributed by atoms with Crippen LogP contribution in [-0.4, -0.2) is 24.9 Å². The van der Waals surface area contributed by atoms with E-state index in [1.807, 2.05) is 41.1 Å². The molecule has 1 aliphatic rings. The van der Waals surface area contributed by atoms with Gasteiger partial charge in [0.15, 0.2) is 0 Å². The SMILES string of the molecule is NC(=O)C1CCCN(c2ccc(C(=O)Nc3ccsc3)cc2)C1. The van der Waals surface area contributed by atoms with Gasteiger partial charge in [-0.25, -0.2) is 0 Å². The molecule has 5 nitrogen and oxygen atoms in total. The van der Waals surface area contributed by atoms with Gasteiger partial charge < -0.3 is 16.0 Å². The van der Waals surface area contributed by atoms with E-state index in [9.17, 15) is 9.59 Å². The summed E-state index contributed by atoms with van der Waals surface area (Å²) in [5, 5.41) is 6.67. The lowest BCUT2D eigenvalue weighted by molar-refractivity contribution is -0.122. The zero-order valence-electron chi connectivity index (χ0n) is 12.7. The van der Waals surface area contributed by atoms with Crippen LogP contribution >= 0.6 is 11.3 Å². The maximum atomic E-state index is 12.2. The van der Waals surface area contributed by atoms with Crippen molar-refractivity contribution >= 4 is 34.5 Å². The molecule has 3 rings (SSSR count). The van der Waals surface area contributed by atoms with E-state index in [2.05, 4.69) is 10.2 Å². The number of thiophene rings is 1. The van der Waals surface area contributed by atoms with Gasteiger partial charge in [0.25, 0.3) is 5.91 Å². The molecule has 1 unspecified atom stereocenters. The van der Waals surface area contributed by atoms with Crippen molar-refractivity contribution in [1.29, 1.82) is 0 Å². The fourth-order valence-electron chi connectivity index (χ4n) is 2.81. The largest absolute Gasteiger partial charge is 0.371 e. The standard InChI is InChI=1S/C17H19N3O2S/c18-16(21)13-2-1-8-20(10-13)15-5-3-12(4-6-15)17(22)19-14-7-9-23-11-14/h3-7,9,11,13H,1-2,8,10H2,(H2,18,21)(H,19,22). The fourth-order valence-corrected chi connectivity index (χ4v) is 3.39.